The molecule has 0 aliphatic heterocycles. The van der Waals surface area contributed by atoms with Gasteiger partial charge in [0.2, 0.25) is 6.41 Å². The predicted molar refractivity (Wildman–Crippen MR) is 136 cm³/mol. The molecule has 1 aliphatic rings. The van der Waals surface area contributed by atoms with Gasteiger partial charge in [-0.1, -0.05) is 18.2 Å². The molecule has 4 aromatic rings. The number of benzene rings is 2. The highest BCUT2D eigenvalue weighted by Gasteiger charge is 2.28. The normalized spacial score (nSPS) is 14.6. The molecule has 2 heterocycles. The van der Waals surface area contributed by atoms with E-state index in [0.717, 1.165) is 52.8 Å². The van der Waals surface area contributed by atoms with Crippen LogP contribution in [0.4, 0.5) is 5.69 Å². The molecule has 178 valence electrons. The van der Waals surface area contributed by atoms with Gasteiger partial charge in [0.1, 0.15) is 6.07 Å². The molecular weight excluding hydrogens is 440 g/mol. The summed E-state index contributed by atoms with van der Waals surface area (Å²) in [6, 6.07) is 21.3. The van der Waals surface area contributed by atoms with Gasteiger partial charge in [0, 0.05) is 29.4 Å². The molecule has 5 rings (SSSR count). The average molecular weight is 469 g/mol. The van der Waals surface area contributed by atoms with E-state index >= 15 is 0 Å². The van der Waals surface area contributed by atoms with E-state index in [-0.39, 0.29) is 11.7 Å². The van der Waals surface area contributed by atoms with Crippen LogP contribution in [0.15, 0.2) is 71.7 Å². The molecule has 2 aromatic heterocycles. The van der Waals surface area contributed by atoms with E-state index in [2.05, 4.69) is 16.0 Å². The fraction of sp³-hybridized carbons (Fsp3) is 0.286. The van der Waals surface area contributed by atoms with E-state index in [0.29, 0.717) is 11.6 Å². The number of rotatable bonds is 7. The van der Waals surface area contributed by atoms with Crippen LogP contribution >= 0.6 is 0 Å². The van der Waals surface area contributed by atoms with Gasteiger partial charge in [-0.15, -0.1) is 0 Å². The second-order valence-corrected chi connectivity index (χ2v) is 9.16. The van der Waals surface area contributed by atoms with Crippen LogP contribution in [0.3, 0.4) is 0 Å². The number of aromatic nitrogens is 2. The Bertz CT molecular complexity index is 1460. The lowest BCUT2D eigenvalue weighted by atomic mass is 9.92. The van der Waals surface area contributed by atoms with Crippen molar-refractivity contribution in [1.29, 1.82) is 5.26 Å². The van der Waals surface area contributed by atoms with E-state index in [4.69, 9.17) is 4.74 Å². The van der Waals surface area contributed by atoms with Crippen molar-refractivity contribution < 1.29 is 9.84 Å². The van der Waals surface area contributed by atoms with Crippen LogP contribution in [-0.2, 0) is 4.74 Å². The third-order valence-corrected chi connectivity index (χ3v) is 6.49. The van der Waals surface area contributed by atoms with Gasteiger partial charge in [-0.05, 0) is 75.1 Å². The largest absolute Gasteiger partial charge is 0.351 e. The standard InChI is InChI=1S/C28H28N4O3/c1-18(2)35-28(34)30-20-11-9-19(10-12-20)27-24(17-29)23-14-13-22(31-15-4-3-8-26(31)33)16-25(23)32(27)21-6-5-7-21/h3-4,8-16,18,21,28,30,34H,5-7H2,1-2H3. The lowest BCUT2D eigenvalue weighted by Crippen LogP contribution is -2.25. The third kappa shape index (κ3) is 4.34. The molecule has 0 radical (unpaired) electrons. The average Bonchev–Trinajstić information content (AvgIpc) is 3.11. The molecular formula is C28H28N4O3. The van der Waals surface area contributed by atoms with Gasteiger partial charge in [0.15, 0.2) is 0 Å². The Labute approximate surface area is 203 Å². The molecule has 0 saturated heterocycles. The molecule has 1 unspecified atom stereocenters. The molecule has 2 N–H and O–H groups in total. The number of nitrogens with zero attached hydrogens (tertiary/aromatic N) is 3. The van der Waals surface area contributed by atoms with Gasteiger partial charge >= 0.3 is 0 Å². The van der Waals surface area contributed by atoms with Crippen molar-refractivity contribution in [2.75, 3.05) is 5.32 Å². The van der Waals surface area contributed by atoms with E-state index < -0.39 is 6.41 Å². The summed E-state index contributed by atoms with van der Waals surface area (Å²) in [7, 11) is 0. The summed E-state index contributed by atoms with van der Waals surface area (Å²) in [5, 5.41) is 24.0. The van der Waals surface area contributed by atoms with Gasteiger partial charge in [0.05, 0.1) is 28.6 Å². The van der Waals surface area contributed by atoms with Crippen LogP contribution in [0.2, 0.25) is 0 Å². The number of aliphatic hydroxyl groups is 1. The first kappa shape index (κ1) is 22.9. The molecule has 7 heteroatoms. The smallest absolute Gasteiger partial charge is 0.255 e. The number of anilines is 1. The Kier molecular flexibility index (Phi) is 6.16. The van der Waals surface area contributed by atoms with Crippen LogP contribution in [0.5, 0.6) is 0 Å². The van der Waals surface area contributed by atoms with Crippen molar-refractivity contribution in [3.05, 3.63) is 82.8 Å². The first-order chi connectivity index (χ1) is 17.0. The monoisotopic (exact) mass is 468 g/mol. The molecule has 35 heavy (non-hydrogen) atoms. The maximum atomic E-state index is 12.4. The molecule has 1 atom stereocenters. The second-order valence-electron chi connectivity index (χ2n) is 9.16. The highest BCUT2D eigenvalue weighted by atomic mass is 16.6. The van der Waals surface area contributed by atoms with Gasteiger partial charge in [-0.2, -0.15) is 5.26 Å². The lowest BCUT2D eigenvalue weighted by molar-refractivity contribution is -0.105. The second kappa shape index (κ2) is 9.41. The molecule has 0 spiro atoms. The summed E-state index contributed by atoms with van der Waals surface area (Å²) in [5.74, 6) is 0. The fourth-order valence-corrected chi connectivity index (χ4v) is 4.67. The van der Waals surface area contributed by atoms with E-state index in [9.17, 15) is 15.2 Å². The summed E-state index contributed by atoms with van der Waals surface area (Å²) in [6.07, 6.45) is 3.81. The number of fused-ring (bicyclic) bond motifs is 1. The van der Waals surface area contributed by atoms with Crippen LogP contribution in [0.25, 0.3) is 27.8 Å². The molecule has 7 nitrogen and oxygen atoms in total. The highest BCUT2D eigenvalue weighted by molar-refractivity contribution is 5.96. The zero-order chi connectivity index (χ0) is 24.5. The van der Waals surface area contributed by atoms with Gasteiger partial charge in [0.25, 0.3) is 5.56 Å². The minimum absolute atomic E-state index is 0.0962. The summed E-state index contributed by atoms with van der Waals surface area (Å²) in [4.78, 5) is 12.4. The Morgan fingerprint density at radius 3 is 2.51 bits per heavy atom. The maximum Gasteiger partial charge on any atom is 0.255 e. The van der Waals surface area contributed by atoms with Crippen LogP contribution in [-0.4, -0.2) is 26.8 Å². The molecule has 1 saturated carbocycles. The van der Waals surface area contributed by atoms with Crippen molar-refractivity contribution in [3.8, 4) is 23.0 Å². The van der Waals surface area contributed by atoms with Crippen LogP contribution in [0, 0.1) is 11.3 Å². The lowest BCUT2D eigenvalue weighted by Gasteiger charge is -2.30. The summed E-state index contributed by atoms with van der Waals surface area (Å²) < 4.78 is 9.24. The number of pyridine rings is 1. The van der Waals surface area contributed by atoms with E-state index in [1.54, 1.807) is 22.9 Å². The minimum Gasteiger partial charge on any atom is -0.351 e. The number of hydrogen-bond donors (Lipinski definition) is 2. The number of aliphatic hydroxyl groups excluding tert-OH is 1. The number of hydrogen-bond acceptors (Lipinski definition) is 5. The van der Waals surface area contributed by atoms with E-state index in [1.807, 2.05) is 62.4 Å². The Morgan fingerprint density at radius 2 is 1.89 bits per heavy atom. The number of nitrogens with one attached hydrogen (secondary N) is 1. The Hall–Kier alpha value is -3.86. The topological polar surface area (TPSA) is 92.2 Å². The van der Waals surface area contributed by atoms with Crippen molar-refractivity contribution in [2.45, 2.75) is 51.7 Å². The summed E-state index contributed by atoms with van der Waals surface area (Å²) in [5.41, 5.74) is 4.79. The predicted octanol–water partition coefficient (Wildman–Crippen LogP) is 5.17. The maximum absolute atomic E-state index is 12.4. The first-order valence-electron chi connectivity index (χ1n) is 11.9. The third-order valence-electron chi connectivity index (χ3n) is 6.49. The van der Waals surface area contributed by atoms with Crippen LogP contribution in [0.1, 0.15) is 44.7 Å². The van der Waals surface area contributed by atoms with Crippen molar-refractivity contribution in [2.24, 2.45) is 0 Å². The zero-order valence-electron chi connectivity index (χ0n) is 19.8. The van der Waals surface area contributed by atoms with Crippen molar-refractivity contribution in [3.63, 3.8) is 0 Å². The molecule has 1 aliphatic carbocycles. The summed E-state index contributed by atoms with van der Waals surface area (Å²) >= 11 is 0. The van der Waals surface area contributed by atoms with Crippen molar-refractivity contribution in [1.82, 2.24) is 9.13 Å². The van der Waals surface area contributed by atoms with E-state index in [1.165, 1.54) is 0 Å². The Balaban J connectivity index is 1.62. The minimum atomic E-state index is -1.10. The number of nitriles is 1. The molecule has 0 amide bonds. The quantitative estimate of drug-likeness (QED) is 0.365. The molecule has 0 bridgehead atoms. The summed E-state index contributed by atoms with van der Waals surface area (Å²) in [6.45, 7) is 3.71. The SMILES string of the molecule is CC(C)OC(O)Nc1ccc(-c2c(C#N)c3ccc(-n4ccccc4=O)cc3n2C2CCC2)cc1. The fourth-order valence-electron chi connectivity index (χ4n) is 4.67. The van der Waals surface area contributed by atoms with Crippen molar-refractivity contribution >= 4 is 16.6 Å². The molecule has 1 fully saturated rings. The first-order valence-corrected chi connectivity index (χ1v) is 11.9. The molecule has 2 aromatic carbocycles. The van der Waals surface area contributed by atoms with Gasteiger partial charge in [-0.3, -0.25) is 9.36 Å². The van der Waals surface area contributed by atoms with Crippen LogP contribution < -0.4 is 10.9 Å². The number of ether oxygens (including phenoxy) is 1. The highest BCUT2D eigenvalue weighted by Crippen LogP contribution is 2.43. The zero-order valence-corrected chi connectivity index (χ0v) is 19.8. The Morgan fingerprint density at radius 1 is 1.11 bits per heavy atom. The van der Waals surface area contributed by atoms with Gasteiger partial charge < -0.3 is 19.7 Å². The van der Waals surface area contributed by atoms with Gasteiger partial charge in [-0.25, -0.2) is 0 Å².